The maximum absolute atomic E-state index is 13.6. The lowest BCUT2D eigenvalue weighted by atomic mass is 9.84. The van der Waals surface area contributed by atoms with Gasteiger partial charge in [0.1, 0.15) is 6.04 Å². The van der Waals surface area contributed by atoms with Crippen molar-refractivity contribution < 1.29 is 24.2 Å². The number of hydrogen-bond donors (Lipinski definition) is 2. The Morgan fingerprint density at radius 3 is 2.50 bits per heavy atom. The number of aliphatic carboxylic acids is 1. The molecule has 0 saturated carbocycles. The van der Waals surface area contributed by atoms with Gasteiger partial charge >= 0.3 is 5.97 Å². The molecule has 1 aliphatic heterocycles. The van der Waals surface area contributed by atoms with E-state index in [0.29, 0.717) is 26.2 Å². The summed E-state index contributed by atoms with van der Waals surface area (Å²) in [6.07, 6.45) is 4.79. The van der Waals surface area contributed by atoms with E-state index in [4.69, 9.17) is 4.74 Å². The first kappa shape index (κ1) is 27.8. The van der Waals surface area contributed by atoms with Crippen molar-refractivity contribution in [2.45, 2.75) is 91.3 Å². The van der Waals surface area contributed by atoms with Crippen LogP contribution < -0.4 is 5.32 Å². The molecule has 7 heteroatoms. The van der Waals surface area contributed by atoms with E-state index < -0.39 is 23.3 Å². The molecule has 190 valence electrons. The summed E-state index contributed by atoms with van der Waals surface area (Å²) in [5, 5.41) is 12.2. The maximum Gasteiger partial charge on any atom is 0.304 e. The zero-order valence-electron chi connectivity index (χ0n) is 21.2. The molecule has 3 unspecified atom stereocenters. The van der Waals surface area contributed by atoms with Gasteiger partial charge in [-0.2, -0.15) is 0 Å². The van der Waals surface area contributed by atoms with E-state index in [1.165, 1.54) is 0 Å². The fourth-order valence-electron chi connectivity index (χ4n) is 4.44. The third-order valence-electron chi connectivity index (χ3n) is 6.43. The van der Waals surface area contributed by atoms with Crippen LogP contribution in [0.1, 0.15) is 78.2 Å². The molecular weight excluding hydrogens is 432 g/mol. The summed E-state index contributed by atoms with van der Waals surface area (Å²) in [5.41, 5.74) is 0.577. The van der Waals surface area contributed by atoms with Crippen molar-refractivity contribution in [1.29, 1.82) is 0 Å². The molecule has 0 aromatic heterocycles. The number of carbonyl (C=O) groups is 3. The highest BCUT2D eigenvalue weighted by Crippen LogP contribution is 2.27. The van der Waals surface area contributed by atoms with Crippen LogP contribution in [0.15, 0.2) is 30.3 Å². The Morgan fingerprint density at radius 1 is 1.18 bits per heavy atom. The first-order chi connectivity index (χ1) is 16.1. The number of nitrogens with zero attached hydrogens (tertiary/aromatic N) is 1. The largest absolute Gasteiger partial charge is 0.481 e. The summed E-state index contributed by atoms with van der Waals surface area (Å²) in [5.74, 6) is -2.09. The number of carboxylic acid groups (broad SMARTS) is 1. The lowest BCUT2D eigenvalue weighted by molar-refractivity contribution is -0.144. The zero-order valence-corrected chi connectivity index (χ0v) is 21.2. The summed E-state index contributed by atoms with van der Waals surface area (Å²) in [6.45, 7) is 9.42. The lowest BCUT2D eigenvalue weighted by Gasteiger charge is -2.36. The van der Waals surface area contributed by atoms with Crippen LogP contribution in [-0.2, 0) is 25.7 Å². The minimum absolute atomic E-state index is 0.0302. The smallest absolute Gasteiger partial charge is 0.304 e. The molecule has 2 N–H and O–H groups in total. The minimum Gasteiger partial charge on any atom is -0.481 e. The SMILES string of the molecule is CCCCCC(CC(=O)O)C(=O)NC(C(=O)N1CCCC1COCc1ccccc1)C(C)(C)C. The number of carboxylic acids is 1. The number of hydrogen-bond acceptors (Lipinski definition) is 4. The van der Waals surface area contributed by atoms with Gasteiger partial charge in [-0.3, -0.25) is 14.4 Å². The number of ether oxygens (including phenoxy) is 1. The molecule has 1 heterocycles. The number of rotatable bonds is 13. The molecule has 34 heavy (non-hydrogen) atoms. The van der Waals surface area contributed by atoms with Gasteiger partial charge in [-0.15, -0.1) is 0 Å². The van der Waals surface area contributed by atoms with Crippen LogP contribution in [0.25, 0.3) is 0 Å². The minimum atomic E-state index is -0.995. The standard InChI is InChI=1S/C27H42N2O5/c1-5-6-8-14-21(17-23(30)31)25(32)28-24(27(2,3)4)26(33)29-16-11-15-22(29)19-34-18-20-12-9-7-10-13-20/h7,9-10,12-13,21-22,24H,5-6,8,11,14-19H2,1-4H3,(H,28,32)(H,30,31). The van der Waals surface area contributed by atoms with Crippen molar-refractivity contribution in [3.05, 3.63) is 35.9 Å². The molecule has 0 aliphatic carbocycles. The normalized spacial score (nSPS) is 17.9. The third kappa shape index (κ3) is 8.75. The fraction of sp³-hybridized carbons (Fsp3) is 0.667. The topological polar surface area (TPSA) is 95.9 Å². The van der Waals surface area contributed by atoms with Crippen molar-refractivity contribution in [3.63, 3.8) is 0 Å². The molecule has 0 spiro atoms. The van der Waals surface area contributed by atoms with E-state index in [9.17, 15) is 19.5 Å². The van der Waals surface area contributed by atoms with Crippen molar-refractivity contribution in [2.75, 3.05) is 13.2 Å². The van der Waals surface area contributed by atoms with Crippen LogP contribution in [0.2, 0.25) is 0 Å². The van der Waals surface area contributed by atoms with Crippen LogP contribution >= 0.6 is 0 Å². The van der Waals surface area contributed by atoms with E-state index in [1.54, 1.807) is 0 Å². The van der Waals surface area contributed by atoms with Crippen molar-refractivity contribution >= 4 is 17.8 Å². The molecule has 1 aliphatic rings. The van der Waals surface area contributed by atoms with Crippen molar-refractivity contribution in [3.8, 4) is 0 Å². The second kappa shape index (κ2) is 13.5. The predicted octanol–water partition coefficient (Wildman–Crippen LogP) is 4.40. The Morgan fingerprint density at radius 2 is 1.88 bits per heavy atom. The van der Waals surface area contributed by atoms with E-state index in [0.717, 1.165) is 37.7 Å². The van der Waals surface area contributed by atoms with Crippen LogP contribution in [-0.4, -0.2) is 53.0 Å². The molecule has 1 aromatic carbocycles. The summed E-state index contributed by atoms with van der Waals surface area (Å²) in [7, 11) is 0. The monoisotopic (exact) mass is 474 g/mol. The van der Waals surface area contributed by atoms with Gasteiger partial charge in [0.15, 0.2) is 0 Å². The molecule has 7 nitrogen and oxygen atoms in total. The number of carbonyl (C=O) groups excluding carboxylic acids is 2. The van der Waals surface area contributed by atoms with Gasteiger partial charge in [-0.25, -0.2) is 0 Å². The number of benzene rings is 1. The van der Waals surface area contributed by atoms with Gasteiger partial charge < -0.3 is 20.1 Å². The van der Waals surface area contributed by atoms with Crippen LogP contribution in [0.3, 0.4) is 0 Å². The van der Waals surface area contributed by atoms with Gasteiger partial charge in [0.25, 0.3) is 0 Å². The van der Waals surface area contributed by atoms with Gasteiger partial charge in [-0.05, 0) is 30.2 Å². The Labute approximate surface area is 204 Å². The van der Waals surface area contributed by atoms with E-state index in [-0.39, 0.29) is 24.3 Å². The lowest BCUT2D eigenvalue weighted by Crippen LogP contribution is -2.57. The van der Waals surface area contributed by atoms with Gasteiger partial charge in [-0.1, -0.05) is 77.3 Å². The van der Waals surface area contributed by atoms with Crippen LogP contribution in [0.4, 0.5) is 0 Å². The second-order valence-corrected chi connectivity index (χ2v) is 10.4. The maximum atomic E-state index is 13.6. The highest BCUT2D eigenvalue weighted by Gasteiger charge is 2.40. The zero-order chi connectivity index (χ0) is 25.1. The molecule has 3 atom stereocenters. The Bertz CT molecular complexity index is 790. The summed E-state index contributed by atoms with van der Waals surface area (Å²) < 4.78 is 5.92. The molecule has 1 aromatic rings. The number of nitrogens with one attached hydrogen (secondary N) is 1. The van der Waals surface area contributed by atoms with Crippen molar-refractivity contribution in [2.24, 2.45) is 11.3 Å². The molecular formula is C27H42N2O5. The first-order valence-corrected chi connectivity index (χ1v) is 12.6. The van der Waals surface area contributed by atoms with Crippen molar-refractivity contribution in [1.82, 2.24) is 10.2 Å². The average molecular weight is 475 g/mol. The van der Waals surface area contributed by atoms with E-state index >= 15 is 0 Å². The molecule has 1 saturated heterocycles. The molecule has 2 amide bonds. The quantitative estimate of drug-likeness (QED) is 0.413. The van der Waals surface area contributed by atoms with Gasteiger partial charge in [0.05, 0.1) is 25.7 Å². The summed E-state index contributed by atoms with van der Waals surface area (Å²) in [4.78, 5) is 39.9. The highest BCUT2D eigenvalue weighted by molar-refractivity contribution is 5.90. The predicted molar refractivity (Wildman–Crippen MR) is 132 cm³/mol. The molecule has 1 fully saturated rings. The number of likely N-dealkylation sites (tertiary alicyclic amines) is 1. The first-order valence-electron chi connectivity index (χ1n) is 12.6. The van der Waals surface area contributed by atoms with Crippen LogP contribution in [0, 0.1) is 11.3 Å². The van der Waals surface area contributed by atoms with E-state index in [2.05, 4.69) is 12.2 Å². The Kier molecular flexibility index (Phi) is 11.0. The average Bonchev–Trinajstić information content (AvgIpc) is 3.24. The Balaban J connectivity index is 2.04. The highest BCUT2D eigenvalue weighted by atomic mass is 16.5. The Hall–Kier alpha value is -2.41. The number of unbranched alkanes of at least 4 members (excludes halogenated alkanes) is 2. The molecule has 0 bridgehead atoms. The van der Waals surface area contributed by atoms with Gasteiger partial charge in [0, 0.05) is 12.5 Å². The second-order valence-electron chi connectivity index (χ2n) is 10.4. The summed E-state index contributed by atoms with van der Waals surface area (Å²) >= 11 is 0. The fourth-order valence-corrected chi connectivity index (χ4v) is 4.44. The number of amides is 2. The molecule has 0 radical (unpaired) electrons. The summed E-state index contributed by atoms with van der Waals surface area (Å²) in [6, 6.07) is 9.18. The molecule has 2 rings (SSSR count). The van der Waals surface area contributed by atoms with Gasteiger partial charge in [0.2, 0.25) is 11.8 Å². The van der Waals surface area contributed by atoms with E-state index in [1.807, 2.05) is 56.0 Å². The third-order valence-corrected chi connectivity index (χ3v) is 6.43. The van der Waals surface area contributed by atoms with Crippen LogP contribution in [0.5, 0.6) is 0 Å².